The molecule has 13 heavy (non-hydrogen) atoms. The zero-order chi connectivity index (χ0) is 9.90. The van der Waals surface area contributed by atoms with Crippen LogP contribution < -0.4 is 4.72 Å². The minimum absolute atomic E-state index is 0.0165. The lowest BCUT2D eigenvalue weighted by molar-refractivity contribution is 0.579. The van der Waals surface area contributed by atoms with Crippen LogP contribution in [0.5, 0.6) is 0 Å². The molecule has 1 aromatic rings. The quantitative estimate of drug-likeness (QED) is 0.746. The molecule has 0 spiro atoms. The van der Waals surface area contributed by atoms with Crippen molar-refractivity contribution in [2.75, 3.05) is 7.05 Å². The number of hydrogen-bond donors (Lipinski definition) is 1. The van der Waals surface area contributed by atoms with Gasteiger partial charge >= 0.3 is 0 Å². The Bertz CT molecular complexity index is 369. The smallest absolute Gasteiger partial charge is 0.217 e. The number of rotatable bonds is 4. The first-order chi connectivity index (χ1) is 6.09. The summed E-state index contributed by atoms with van der Waals surface area (Å²) in [5.74, 6) is -0.0165. The highest BCUT2D eigenvalue weighted by atomic mass is 32.2. The van der Waals surface area contributed by atoms with Crippen LogP contribution in [-0.4, -0.2) is 25.2 Å². The zero-order valence-corrected chi connectivity index (χ0v) is 8.50. The van der Waals surface area contributed by atoms with Gasteiger partial charge in [0.25, 0.3) is 0 Å². The van der Waals surface area contributed by atoms with Crippen LogP contribution in [0.4, 0.5) is 0 Å². The molecule has 1 heterocycles. The molecule has 0 aliphatic heterocycles. The van der Waals surface area contributed by atoms with Crippen LogP contribution >= 0.6 is 0 Å². The second-order valence-corrected chi connectivity index (χ2v) is 4.53. The van der Waals surface area contributed by atoms with Crippen LogP contribution in [0.3, 0.4) is 0 Å². The minimum atomic E-state index is -3.19. The van der Waals surface area contributed by atoms with Crippen molar-refractivity contribution >= 4 is 10.0 Å². The van der Waals surface area contributed by atoms with Crippen LogP contribution in [0.2, 0.25) is 0 Å². The maximum Gasteiger partial charge on any atom is 0.217 e. The Balaban J connectivity index is 2.86. The van der Waals surface area contributed by atoms with Crippen LogP contribution in [-0.2, 0) is 22.3 Å². The third-order valence-electron chi connectivity index (χ3n) is 1.75. The molecular weight excluding hydrogens is 190 g/mol. The fraction of sp³-hybridized carbons (Fsp3) is 0.571. The molecule has 0 fully saturated rings. The number of hydrogen-bond acceptors (Lipinski definition) is 3. The van der Waals surface area contributed by atoms with Crippen molar-refractivity contribution in [2.24, 2.45) is 0 Å². The van der Waals surface area contributed by atoms with Crippen molar-refractivity contribution in [3.8, 4) is 0 Å². The molecule has 1 rings (SSSR count). The summed E-state index contributed by atoms with van der Waals surface area (Å²) < 4.78 is 26.3. The molecule has 0 aromatic carbocycles. The Morgan fingerprint density at radius 3 is 2.85 bits per heavy atom. The minimum Gasteiger partial charge on any atom is -0.269 e. The molecule has 0 bridgehead atoms. The zero-order valence-electron chi connectivity index (χ0n) is 7.69. The molecule has 1 aromatic heterocycles. The van der Waals surface area contributed by atoms with Gasteiger partial charge in [-0.15, -0.1) is 0 Å². The van der Waals surface area contributed by atoms with Crippen LogP contribution in [0.15, 0.2) is 12.3 Å². The summed E-state index contributed by atoms with van der Waals surface area (Å²) in [5, 5.41) is 3.98. The molecule has 0 saturated carbocycles. The molecule has 0 aliphatic rings. The maximum atomic E-state index is 11.2. The van der Waals surface area contributed by atoms with Gasteiger partial charge in [0.15, 0.2) is 0 Å². The SMILES string of the molecule is CCn1nccc1CS(=O)(=O)NC. The number of sulfonamides is 1. The fourth-order valence-electron chi connectivity index (χ4n) is 1.03. The van der Waals surface area contributed by atoms with E-state index in [1.54, 1.807) is 16.9 Å². The molecule has 0 saturated heterocycles. The topological polar surface area (TPSA) is 64.0 Å². The normalized spacial score (nSPS) is 11.8. The Kier molecular flexibility index (Phi) is 3.05. The summed E-state index contributed by atoms with van der Waals surface area (Å²) in [7, 11) is -1.78. The largest absolute Gasteiger partial charge is 0.269 e. The van der Waals surface area contributed by atoms with Gasteiger partial charge in [-0.2, -0.15) is 5.10 Å². The van der Waals surface area contributed by atoms with Crippen molar-refractivity contribution in [3.63, 3.8) is 0 Å². The van der Waals surface area contributed by atoms with E-state index in [0.29, 0.717) is 12.2 Å². The Morgan fingerprint density at radius 1 is 1.62 bits per heavy atom. The van der Waals surface area contributed by atoms with Crippen molar-refractivity contribution in [1.82, 2.24) is 14.5 Å². The van der Waals surface area contributed by atoms with E-state index in [0.717, 1.165) is 0 Å². The second kappa shape index (κ2) is 3.89. The van der Waals surface area contributed by atoms with Gasteiger partial charge in [0.05, 0.1) is 5.69 Å². The van der Waals surface area contributed by atoms with Crippen LogP contribution in [0.25, 0.3) is 0 Å². The summed E-state index contributed by atoms with van der Waals surface area (Å²) in [6.07, 6.45) is 1.60. The molecule has 0 radical (unpaired) electrons. The first-order valence-electron chi connectivity index (χ1n) is 4.01. The van der Waals surface area contributed by atoms with Crippen LogP contribution in [0, 0.1) is 0 Å². The van der Waals surface area contributed by atoms with Gasteiger partial charge in [-0.25, -0.2) is 13.1 Å². The standard InChI is InChI=1S/C7H13N3O2S/c1-3-10-7(4-5-9-10)6-13(11,12)8-2/h4-5,8H,3,6H2,1-2H3. The number of aromatic nitrogens is 2. The highest BCUT2D eigenvalue weighted by molar-refractivity contribution is 7.88. The van der Waals surface area contributed by atoms with Gasteiger partial charge in [0, 0.05) is 12.7 Å². The van der Waals surface area contributed by atoms with E-state index in [9.17, 15) is 8.42 Å². The average molecular weight is 203 g/mol. The van der Waals surface area contributed by atoms with Crippen molar-refractivity contribution in [2.45, 2.75) is 19.2 Å². The Hall–Kier alpha value is -0.880. The summed E-state index contributed by atoms with van der Waals surface area (Å²) in [4.78, 5) is 0. The van der Waals surface area contributed by atoms with Crippen molar-refractivity contribution in [3.05, 3.63) is 18.0 Å². The average Bonchev–Trinajstić information content (AvgIpc) is 2.51. The lowest BCUT2D eigenvalue weighted by Crippen LogP contribution is -2.22. The summed E-state index contributed by atoms with van der Waals surface area (Å²) >= 11 is 0. The van der Waals surface area contributed by atoms with E-state index in [1.165, 1.54) is 7.05 Å². The first kappa shape index (κ1) is 10.2. The Labute approximate surface area is 77.8 Å². The molecule has 5 nitrogen and oxygen atoms in total. The van der Waals surface area contributed by atoms with Crippen molar-refractivity contribution < 1.29 is 8.42 Å². The van der Waals surface area contributed by atoms with Gasteiger partial charge in [-0.1, -0.05) is 0 Å². The molecule has 6 heteroatoms. The van der Waals surface area contributed by atoms with Gasteiger partial charge in [-0.05, 0) is 20.0 Å². The molecule has 0 atom stereocenters. The highest BCUT2D eigenvalue weighted by Gasteiger charge is 2.11. The molecule has 0 amide bonds. The monoisotopic (exact) mass is 203 g/mol. The molecular formula is C7H13N3O2S. The summed E-state index contributed by atoms with van der Waals surface area (Å²) in [6, 6.07) is 1.71. The van der Waals surface area contributed by atoms with E-state index >= 15 is 0 Å². The van der Waals surface area contributed by atoms with E-state index in [1.807, 2.05) is 6.92 Å². The molecule has 1 N–H and O–H groups in total. The van der Waals surface area contributed by atoms with E-state index in [2.05, 4.69) is 9.82 Å². The fourth-order valence-corrected chi connectivity index (χ4v) is 1.81. The van der Waals surface area contributed by atoms with E-state index < -0.39 is 10.0 Å². The van der Waals surface area contributed by atoms with Gasteiger partial charge < -0.3 is 0 Å². The van der Waals surface area contributed by atoms with Gasteiger partial charge in [-0.3, -0.25) is 4.68 Å². The number of aryl methyl sites for hydroxylation is 1. The second-order valence-electron chi connectivity index (χ2n) is 2.60. The predicted molar refractivity (Wildman–Crippen MR) is 49.6 cm³/mol. The van der Waals surface area contributed by atoms with Gasteiger partial charge in [0.2, 0.25) is 10.0 Å². The molecule has 74 valence electrons. The van der Waals surface area contributed by atoms with Gasteiger partial charge in [0.1, 0.15) is 5.75 Å². The van der Waals surface area contributed by atoms with Crippen molar-refractivity contribution in [1.29, 1.82) is 0 Å². The highest BCUT2D eigenvalue weighted by Crippen LogP contribution is 2.03. The Morgan fingerprint density at radius 2 is 2.31 bits per heavy atom. The first-order valence-corrected chi connectivity index (χ1v) is 5.66. The number of nitrogens with zero attached hydrogens (tertiary/aromatic N) is 2. The summed E-state index contributed by atoms with van der Waals surface area (Å²) in [5.41, 5.74) is 0.705. The van der Waals surface area contributed by atoms with E-state index in [4.69, 9.17) is 0 Å². The van der Waals surface area contributed by atoms with Crippen LogP contribution in [0.1, 0.15) is 12.6 Å². The lowest BCUT2D eigenvalue weighted by Gasteiger charge is -2.04. The number of nitrogens with one attached hydrogen (secondary N) is 1. The maximum absolute atomic E-state index is 11.2. The molecule has 0 unspecified atom stereocenters. The summed E-state index contributed by atoms with van der Waals surface area (Å²) in [6.45, 7) is 2.60. The third kappa shape index (κ3) is 2.53. The lowest BCUT2D eigenvalue weighted by atomic mass is 10.5. The van der Waals surface area contributed by atoms with E-state index in [-0.39, 0.29) is 5.75 Å². The predicted octanol–water partition coefficient (Wildman–Crippen LogP) is -0.0478. The molecule has 0 aliphatic carbocycles. The third-order valence-corrected chi connectivity index (χ3v) is 3.05.